The van der Waals surface area contributed by atoms with Gasteiger partial charge in [-0.3, -0.25) is 4.79 Å². The summed E-state index contributed by atoms with van der Waals surface area (Å²) in [6.07, 6.45) is 1.57. The lowest BCUT2D eigenvalue weighted by Crippen LogP contribution is -1.98. The molecule has 2 rings (SSSR count). The Hall–Kier alpha value is -1.49. The zero-order valence-electron chi connectivity index (χ0n) is 7.62. The van der Waals surface area contributed by atoms with Crippen LogP contribution in [0, 0.1) is 0 Å². The van der Waals surface area contributed by atoms with E-state index >= 15 is 0 Å². The zero-order chi connectivity index (χ0) is 11.0. The fourth-order valence-corrected chi connectivity index (χ4v) is 2.14. The van der Waals surface area contributed by atoms with Crippen LogP contribution < -0.4 is 0 Å². The van der Waals surface area contributed by atoms with Gasteiger partial charge in [-0.05, 0) is 33.6 Å². The number of nitrogens with one attached hydrogen (secondary N) is 1. The molecule has 0 aliphatic heterocycles. The first-order chi connectivity index (χ1) is 7.09. The summed E-state index contributed by atoms with van der Waals surface area (Å²) in [5.41, 5.74) is 1.45. The molecule has 2 aromatic rings. The minimum atomic E-state index is -0.897. The molecule has 0 amide bonds. The molecule has 1 heterocycles. The number of rotatable bonds is 2. The molecule has 4 nitrogen and oxygen atoms in total. The second-order valence-electron chi connectivity index (χ2n) is 3.21. The lowest BCUT2D eigenvalue weighted by Gasteiger charge is -2.00. The maximum atomic E-state index is 10.6. The Morgan fingerprint density at radius 2 is 2.20 bits per heavy atom. The van der Waals surface area contributed by atoms with Crippen molar-refractivity contribution in [3.05, 3.63) is 28.4 Å². The highest BCUT2D eigenvalue weighted by atomic mass is 79.9. The molecule has 0 saturated carbocycles. The molecule has 0 saturated heterocycles. The smallest absolute Gasteiger partial charge is 0.307 e. The van der Waals surface area contributed by atoms with Crippen LogP contribution in [0.3, 0.4) is 0 Å². The van der Waals surface area contributed by atoms with Crippen LogP contribution in [-0.4, -0.2) is 21.2 Å². The maximum Gasteiger partial charge on any atom is 0.307 e. The van der Waals surface area contributed by atoms with E-state index in [0.29, 0.717) is 10.0 Å². The van der Waals surface area contributed by atoms with Crippen molar-refractivity contribution in [2.24, 2.45) is 0 Å². The highest BCUT2D eigenvalue weighted by Gasteiger charge is 2.12. The number of carboxylic acid groups (broad SMARTS) is 1. The van der Waals surface area contributed by atoms with Crippen LogP contribution in [0.5, 0.6) is 5.75 Å². The van der Waals surface area contributed by atoms with Crippen LogP contribution in [0.15, 0.2) is 22.8 Å². The van der Waals surface area contributed by atoms with Crippen molar-refractivity contribution in [2.75, 3.05) is 0 Å². The summed E-state index contributed by atoms with van der Waals surface area (Å²) in [5, 5.41) is 18.9. The normalized spacial score (nSPS) is 10.7. The largest absolute Gasteiger partial charge is 0.507 e. The first-order valence-electron chi connectivity index (χ1n) is 4.29. The van der Waals surface area contributed by atoms with Crippen molar-refractivity contribution in [1.82, 2.24) is 4.98 Å². The van der Waals surface area contributed by atoms with Crippen molar-refractivity contribution in [3.63, 3.8) is 0 Å². The second-order valence-corrected chi connectivity index (χ2v) is 4.00. The lowest BCUT2D eigenvalue weighted by atomic mass is 10.1. The van der Waals surface area contributed by atoms with E-state index in [9.17, 15) is 9.90 Å². The molecular formula is C10H8BrNO3. The predicted octanol–water partition coefficient (Wildman–Crippen LogP) is 2.26. The highest BCUT2D eigenvalue weighted by Crippen LogP contribution is 2.34. The van der Waals surface area contributed by atoms with Gasteiger partial charge in [0.05, 0.1) is 10.9 Å². The third kappa shape index (κ3) is 1.70. The molecule has 1 aromatic carbocycles. The van der Waals surface area contributed by atoms with Crippen molar-refractivity contribution < 1.29 is 15.0 Å². The van der Waals surface area contributed by atoms with Crippen LogP contribution >= 0.6 is 15.9 Å². The number of aromatic amines is 1. The molecular weight excluding hydrogens is 262 g/mol. The average molecular weight is 270 g/mol. The number of H-pyrrole nitrogens is 1. The van der Waals surface area contributed by atoms with Gasteiger partial charge < -0.3 is 15.2 Å². The number of aromatic nitrogens is 1. The van der Waals surface area contributed by atoms with Gasteiger partial charge in [-0.2, -0.15) is 0 Å². The fraction of sp³-hybridized carbons (Fsp3) is 0.100. The Labute approximate surface area is 93.7 Å². The number of aliphatic carboxylic acids is 1. The number of phenolic OH excluding ortho intramolecular Hbond substituents is 1. The van der Waals surface area contributed by atoms with Gasteiger partial charge in [-0.25, -0.2) is 0 Å². The number of hydrogen-bond donors (Lipinski definition) is 3. The molecule has 15 heavy (non-hydrogen) atoms. The Bertz CT molecular complexity index is 533. The molecule has 0 aliphatic rings. The van der Waals surface area contributed by atoms with E-state index in [2.05, 4.69) is 20.9 Å². The van der Waals surface area contributed by atoms with E-state index in [0.717, 1.165) is 10.9 Å². The molecule has 3 N–H and O–H groups in total. The molecule has 0 atom stereocenters. The number of carbonyl (C=O) groups is 1. The van der Waals surface area contributed by atoms with E-state index in [-0.39, 0.29) is 12.2 Å². The monoisotopic (exact) mass is 269 g/mol. The quantitative estimate of drug-likeness (QED) is 0.783. The number of halogens is 1. The minimum absolute atomic E-state index is 0.0674. The summed E-state index contributed by atoms with van der Waals surface area (Å²) in [4.78, 5) is 13.6. The third-order valence-corrected chi connectivity index (χ3v) is 2.99. The molecule has 78 valence electrons. The number of benzene rings is 1. The molecule has 0 aliphatic carbocycles. The van der Waals surface area contributed by atoms with E-state index in [1.54, 1.807) is 18.3 Å². The average Bonchev–Trinajstić information content (AvgIpc) is 2.55. The van der Waals surface area contributed by atoms with E-state index in [1.807, 2.05) is 0 Å². The minimum Gasteiger partial charge on any atom is -0.507 e. The first kappa shape index (κ1) is 10.0. The number of fused-ring (bicyclic) bond motifs is 1. The van der Waals surface area contributed by atoms with Crippen molar-refractivity contribution in [3.8, 4) is 5.75 Å². The van der Waals surface area contributed by atoms with Crippen molar-refractivity contribution in [2.45, 2.75) is 6.42 Å². The van der Waals surface area contributed by atoms with E-state index in [4.69, 9.17) is 5.11 Å². The Morgan fingerprint density at radius 3 is 2.87 bits per heavy atom. The standard InChI is InChI=1S/C10H8BrNO3/c11-10-7(13)2-1-6-9(10)5(4-12-6)3-8(14)15/h1-2,4,12-13H,3H2,(H,14,15). The van der Waals surface area contributed by atoms with Crippen LogP contribution in [0.4, 0.5) is 0 Å². The highest BCUT2D eigenvalue weighted by molar-refractivity contribution is 9.10. The fourth-order valence-electron chi connectivity index (χ4n) is 1.54. The number of carboxylic acids is 1. The van der Waals surface area contributed by atoms with Gasteiger partial charge in [0, 0.05) is 17.1 Å². The molecule has 0 radical (unpaired) electrons. The van der Waals surface area contributed by atoms with Crippen molar-refractivity contribution >= 4 is 32.8 Å². The summed E-state index contributed by atoms with van der Waals surface area (Å²) in [7, 11) is 0. The lowest BCUT2D eigenvalue weighted by molar-refractivity contribution is -0.136. The van der Waals surface area contributed by atoms with Gasteiger partial charge >= 0.3 is 5.97 Å². The number of phenols is 1. The molecule has 5 heteroatoms. The molecule has 1 aromatic heterocycles. The van der Waals surface area contributed by atoms with E-state index in [1.165, 1.54) is 0 Å². The summed E-state index contributed by atoms with van der Waals surface area (Å²) in [5.74, 6) is -0.792. The molecule has 0 spiro atoms. The third-order valence-electron chi connectivity index (χ3n) is 2.19. The second kappa shape index (κ2) is 3.58. The van der Waals surface area contributed by atoms with Crippen LogP contribution in [0.1, 0.15) is 5.56 Å². The Morgan fingerprint density at radius 1 is 1.47 bits per heavy atom. The van der Waals surface area contributed by atoms with Gasteiger partial charge in [-0.1, -0.05) is 0 Å². The topological polar surface area (TPSA) is 73.3 Å². The molecule has 0 fully saturated rings. The summed E-state index contributed by atoms with van der Waals surface area (Å²) in [6.45, 7) is 0. The Balaban J connectivity index is 2.66. The zero-order valence-corrected chi connectivity index (χ0v) is 9.21. The van der Waals surface area contributed by atoms with Crippen molar-refractivity contribution in [1.29, 1.82) is 0 Å². The molecule has 0 bridgehead atoms. The SMILES string of the molecule is O=C(O)Cc1c[nH]c2ccc(O)c(Br)c12. The van der Waals surface area contributed by atoms with Gasteiger partial charge in [0.1, 0.15) is 5.75 Å². The number of aromatic hydroxyl groups is 1. The van der Waals surface area contributed by atoms with Gasteiger partial charge in [0.25, 0.3) is 0 Å². The van der Waals surface area contributed by atoms with Gasteiger partial charge in [0.2, 0.25) is 0 Å². The number of hydrogen-bond acceptors (Lipinski definition) is 2. The summed E-state index contributed by atoms with van der Waals surface area (Å²) >= 11 is 3.24. The van der Waals surface area contributed by atoms with E-state index < -0.39 is 5.97 Å². The van der Waals surface area contributed by atoms with Crippen LogP contribution in [-0.2, 0) is 11.2 Å². The van der Waals surface area contributed by atoms with Crippen LogP contribution in [0.25, 0.3) is 10.9 Å². The summed E-state index contributed by atoms with van der Waals surface area (Å²) in [6, 6.07) is 3.26. The maximum absolute atomic E-state index is 10.6. The Kier molecular flexibility index (Phi) is 2.40. The van der Waals surface area contributed by atoms with Gasteiger partial charge in [-0.15, -0.1) is 0 Å². The molecule has 0 unspecified atom stereocenters. The predicted molar refractivity (Wildman–Crippen MR) is 59.0 cm³/mol. The first-order valence-corrected chi connectivity index (χ1v) is 5.08. The summed E-state index contributed by atoms with van der Waals surface area (Å²) < 4.78 is 0.525. The van der Waals surface area contributed by atoms with Gasteiger partial charge in [0.15, 0.2) is 0 Å². The van der Waals surface area contributed by atoms with Crippen LogP contribution in [0.2, 0.25) is 0 Å².